The average Bonchev–Trinajstić information content (AvgIpc) is 2.89. The maximum Gasteiger partial charge on any atom is 0.435 e. The Morgan fingerprint density at radius 1 is 1.30 bits per heavy atom. The average molecular weight is 284 g/mol. The van der Waals surface area contributed by atoms with Crippen molar-refractivity contribution in [2.75, 3.05) is 6.54 Å². The minimum atomic E-state index is -4.44. The zero-order valence-corrected chi connectivity index (χ0v) is 11.0. The normalized spacial score (nSPS) is 11.8. The van der Waals surface area contributed by atoms with Crippen LogP contribution in [0.25, 0.3) is 5.82 Å². The van der Waals surface area contributed by atoms with E-state index in [1.807, 2.05) is 13.0 Å². The van der Waals surface area contributed by atoms with E-state index in [0.717, 1.165) is 29.3 Å². The third-order valence-electron chi connectivity index (χ3n) is 2.71. The van der Waals surface area contributed by atoms with Crippen molar-refractivity contribution in [1.82, 2.24) is 20.1 Å². The number of aromatic nitrogens is 3. The summed E-state index contributed by atoms with van der Waals surface area (Å²) in [5.41, 5.74) is -0.117. The molecule has 0 aromatic carbocycles. The Balaban J connectivity index is 2.26. The van der Waals surface area contributed by atoms with Gasteiger partial charge in [-0.3, -0.25) is 0 Å². The number of nitrogens with one attached hydrogen (secondary N) is 1. The van der Waals surface area contributed by atoms with Gasteiger partial charge >= 0.3 is 6.18 Å². The smallest absolute Gasteiger partial charge is 0.313 e. The fraction of sp³-hybridized carbons (Fsp3) is 0.385. The first-order valence-corrected chi connectivity index (χ1v) is 6.30. The van der Waals surface area contributed by atoms with Crippen molar-refractivity contribution in [3.8, 4) is 5.82 Å². The lowest BCUT2D eigenvalue weighted by molar-refractivity contribution is -0.141. The Bertz CT molecular complexity index is 563. The van der Waals surface area contributed by atoms with Crippen LogP contribution in [0, 0.1) is 0 Å². The van der Waals surface area contributed by atoms with Gasteiger partial charge in [-0.1, -0.05) is 13.0 Å². The summed E-state index contributed by atoms with van der Waals surface area (Å²) in [7, 11) is 0. The molecule has 108 valence electrons. The van der Waals surface area contributed by atoms with Crippen LogP contribution in [0.5, 0.6) is 0 Å². The second kappa shape index (κ2) is 6.04. The zero-order chi connectivity index (χ0) is 14.6. The molecule has 20 heavy (non-hydrogen) atoms. The van der Waals surface area contributed by atoms with Crippen molar-refractivity contribution in [3.05, 3.63) is 41.9 Å². The molecule has 0 radical (unpaired) electrons. The zero-order valence-electron chi connectivity index (χ0n) is 11.0. The summed E-state index contributed by atoms with van der Waals surface area (Å²) < 4.78 is 38.8. The molecule has 0 amide bonds. The quantitative estimate of drug-likeness (QED) is 0.859. The first kappa shape index (κ1) is 14.5. The fourth-order valence-electron chi connectivity index (χ4n) is 1.77. The molecule has 0 aliphatic heterocycles. The van der Waals surface area contributed by atoms with Gasteiger partial charge in [-0.05, 0) is 25.1 Å². The maximum atomic E-state index is 12.6. The number of hydrogen-bond acceptors (Lipinski definition) is 3. The summed E-state index contributed by atoms with van der Waals surface area (Å²) in [6.45, 7) is 3.42. The van der Waals surface area contributed by atoms with Gasteiger partial charge in [-0.15, -0.1) is 0 Å². The number of rotatable bonds is 5. The molecule has 0 saturated heterocycles. The van der Waals surface area contributed by atoms with Crippen LogP contribution < -0.4 is 5.32 Å². The first-order valence-electron chi connectivity index (χ1n) is 6.30. The highest BCUT2D eigenvalue weighted by Crippen LogP contribution is 2.27. The van der Waals surface area contributed by atoms with Crippen LogP contribution in [0.15, 0.2) is 30.6 Å². The highest BCUT2D eigenvalue weighted by Gasteiger charge is 2.33. The van der Waals surface area contributed by atoms with Crippen LogP contribution in [0.2, 0.25) is 0 Å². The van der Waals surface area contributed by atoms with Crippen molar-refractivity contribution in [2.45, 2.75) is 26.1 Å². The number of alkyl halides is 3. The Morgan fingerprint density at radius 2 is 2.10 bits per heavy atom. The molecule has 0 unspecified atom stereocenters. The van der Waals surface area contributed by atoms with Crippen LogP contribution in [0.4, 0.5) is 13.2 Å². The SMILES string of the molecule is CCCNCc1cccnc1-n1ccc(C(F)(F)F)n1. The van der Waals surface area contributed by atoms with Crippen molar-refractivity contribution < 1.29 is 13.2 Å². The first-order chi connectivity index (χ1) is 9.52. The Morgan fingerprint density at radius 3 is 2.75 bits per heavy atom. The summed E-state index contributed by atoms with van der Waals surface area (Å²) in [6.07, 6.45) is -0.654. The van der Waals surface area contributed by atoms with Crippen LogP contribution in [0.1, 0.15) is 24.6 Å². The third kappa shape index (κ3) is 3.36. The Labute approximate surface area is 114 Å². The van der Waals surface area contributed by atoms with Gasteiger partial charge in [0, 0.05) is 24.5 Å². The fourth-order valence-corrected chi connectivity index (χ4v) is 1.77. The molecule has 0 aliphatic rings. The van der Waals surface area contributed by atoms with Gasteiger partial charge in [0.1, 0.15) is 0 Å². The molecule has 0 fully saturated rings. The van der Waals surface area contributed by atoms with E-state index in [0.29, 0.717) is 12.4 Å². The molecule has 0 saturated carbocycles. The van der Waals surface area contributed by atoms with Gasteiger partial charge in [0.2, 0.25) is 0 Å². The number of halogens is 3. The maximum absolute atomic E-state index is 12.6. The highest BCUT2D eigenvalue weighted by atomic mass is 19.4. The van der Waals surface area contributed by atoms with Gasteiger partial charge in [0.15, 0.2) is 11.5 Å². The van der Waals surface area contributed by atoms with E-state index >= 15 is 0 Å². The van der Waals surface area contributed by atoms with Crippen molar-refractivity contribution >= 4 is 0 Å². The molecule has 7 heteroatoms. The predicted octanol–water partition coefficient (Wildman–Crippen LogP) is 2.79. The molecule has 4 nitrogen and oxygen atoms in total. The molecule has 2 aromatic rings. The van der Waals surface area contributed by atoms with Crippen molar-refractivity contribution in [3.63, 3.8) is 0 Å². The van der Waals surface area contributed by atoms with Gasteiger partial charge in [0.05, 0.1) is 0 Å². The van der Waals surface area contributed by atoms with Crippen LogP contribution in [-0.4, -0.2) is 21.3 Å². The lowest BCUT2D eigenvalue weighted by Gasteiger charge is -2.09. The molecule has 0 atom stereocenters. The molecule has 1 N–H and O–H groups in total. The minimum Gasteiger partial charge on any atom is -0.313 e. The van der Waals surface area contributed by atoms with E-state index in [-0.39, 0.29) is 0 Å². The topological polar surface area (TPSA) is 42.7 Å². The highest BCUT2D eigenvalue weighted by molar-refractivity contribution is 5.33. The summed E-state index contributed by atoms with van der Waals surface area (Å²) in [5.74, 6) is 0.409. The summed E-state index contributed by atoms with van der Waals surface area (Å²) in [6, 6.07) is 4.51. The Kier molecular flexibility index (Phi) is 4.39. The molecule has 2 rings (SSSR count). The monoisotopic (exact) mass is 284 g/mol. The molecular weight excluding hydrogens is 269 g/mol. The lowest BCUT2D eigenvalue weighted by Crippen LogP contribution is -2.16. The molecule has 2 heterocycles. The van der Waals surface area contributed by atoms with Gasteiger partial charge in [-0.2, -0.15) is 18.3 Å². The minimum absolute atomic E-state index is 0.409. The molecule has 2 aromatic heterocycles. The molecule has 0 spiro atoms. The lowest BCUT2D eigenvalue weighted by atomic mass is 10.2. The van der Waals surface area contributed by atoms with Crippen molar-refractivity contribution in [2.24, 2.45) is 0 Å². The summed E-state index contributed by atoms with van der Waals surface area (Å²) in [4.78, 5) is 4.12. The summed E-state index contributed by atoms with van der Waals surface area (Å²) in [5, 5.41) is 6.74. The number of nitrogens with zero attached hydrogens (tertiary/aromatic N) is 3. The largest absolute Gasteiger partial charge is 0.435 e. The van der Waals surface area contributed by atoms with Gasteiger partial charge in [-0.25, -0.2) is 9.67 Å². The van der Waals surface area contributed by atoms with E-state index < -0.39 is 11.9 Å². The predicted molar refractivity (Wildman–Crippen MR) is 68.4 cm³/mol. The van der Waals surface area contributed by atoms with E-state index in [1.165, 1.54) is 12.4 Å². The Hall–Kier alpha value is -1.89. The van der Waals surface area contributed by atoms with Gasteiger partial charge < -0.3 is 5.32 Å². The number of hydrogen-bond donors (Lipinski definition) is 1. The molecular formula is C13H15F3N4. The molecule has 0 aliphatic carbocycles. The van der Waals surface area contributed by atoms with E-state index in [9.17, 15) is 13.2 Å². The standard InChI is InChI=1S/C13H15F3N4/c1-2-6-17-9-10-4-3-7-18-12(10)20-8-5-11(19-20)13(14,15)16/h3-5,7-8,17H,2,6,9H2,1H3. The second-order valence-electron chi connectivity index (χ2n) is 4.31. The van der Waals surface area contributed by atoms with Gasteiger partial charge in [0.25, 0.3) is 0 Å². The van der Waals surface area contributed by atoms with Crippen LogP contribution >= 0.6 is 0 Å². The number of pyridine rings is 1. The van der Waals surface area contributed by atoms with Crippen LogP contribution in [0.3, 0.4) is 0 Å². The molecule has 0 bridgehead atoms. The third-order valence-corrected chi connectivity index (χ3v) is 2.71. The second-order valence-corrected chi connectivity index (χ2v) is 4.31. The van der Waals surface area contributed by atoms with E-state index in [2.05, 4.69) is 15.4 Å². The summed E-state index contributed by atoms with van der Waals surface area (Å²) >= 11 is 0. The van der Waals surface area contributed by atoms with Crippen molar-refractivity contribution in [1.29, 1.82) is 0 Å². The van der Waals surface area contributed by atoms with E-state index in [1.54, 1.807) is 6.07 Å². The van der Waals surface area contributed by atoms with E-state index in [4.69, 9.17) is 0 Å². The van der Waals surface area contributed by atoms with Crippen LogP contribution in [-0.2, 0) is 12.7 Å².